The molecule has 0 fully saturated rings. The molecule has 0 amide bonds. The molecular weight excluding hydrogens is 611 g/mol. The first-order valence-corrected chi connectivity index (χ1v) is 16.3. The summed E-state index contributed by atoms with van der Waals surface area (Å²) in [5.74, 6) is 0. The van der Waals surface area contributed by atoms with E-state index in [0.717, 1.165) is 77.2 Å². The van der Waals surface area contributed by atoms with Crippen LogP contribution in [0.4, 0.5) is 0 Å². The smallest absolute Gasteiger partial charge is 0.101 e. The second-order valence-corrected chi connectivity index (χ2v) is 12.3. The predicted octanol–water partition coefficient (Wildman–Crippen LogP) is 10.8. The van der Waals surface area contributed by atoms with Gasteiger partial charge in [0.2, 0.25) is 0 Å². The Morgan fingerprint density at radius 2 is 1.04 bits per heavy atom. The van der Waals surface area contributed by atoms with Crippen molar-refractivity contribution in [2.45, 2.75) is 0 Å². The van der Waals surface area contributed by atoms with Crippen LogP contribution in [-0.2, 0) is 0 Å². The maximum atomic E-state index is 10.2. The summed E-state index contributed by atoms with van der Waals surface area (Å²) < 4.78 is 4.40. The number of benzene rings is 7. The van der Waals surface area contributed by atoms with Crippen LogP contribution in [0.25, 0.3) is 77.2 Å². The monoisotopic (exact) mass is 635 g/mol. The molecule has 0 saturated heterocycles. The van der Waals surface area contributed by atoms with Gasteiger partial charge >= 0.3 is 0 Å². The third kappa shape index (κ3) is 4.38. The predicted molar refractivity (Wildman–Crippen MR) is 200 cm³/mol. The van der Waals surface area contributed by atoms with Gasteiger partial charge in [-0.3, -0.25) is 0 Å². The molecule has 9 rings (SSSR count). The van der Waals surface area contributed by atoms with Crippen molar-refractivity contribution >= 4 is 43.6 Å². The zero-order chi connectivity index (χ0) is 33.8. The summed E-state index contributed by atoms with van der Waals surface area (Å²) >= 11 is 0. The highest BCUT2D eigenvalue weighted by Crippen LogP contribution is 2.39. The van der Waals surface area contributed by atoms with E-state index in [-0.39, 0.29) is 0 Å². The Balaban J connectivity index is 1.20. The first kappa shape index (κ1) is 28.8. The van der Waals surface area contributed by atoms with Crippen molar-refractivity contribution in [1.82, 2.24) is 9.13 Å². The Labute approximate surface area is 287 Å². The van der Waals surface area contributed by atoms with Crippen LogP contribution in [0.5, 0.6) is 0 Å². The highest BCUT2D eigenvalue weighted by Gasteiger charge is 2.18. The van der Waals surface area contributed by atoms with Gasteiger partial charge in [-0.25, -0.2) is 0 Å². The number of rotatable bonds is 4. The molecule has 0 atom stereocenters. The van der Waals surface area contributed by atoms with Crippen LogP contribution >= 0.6 is 0 Å². The van der Waals surface area contributed by atoms with Crippen LogP contribution in [0.15, 0.2) is 152 Å². The van der Waals surface area contributed by atoms with E-state index in [9.17, 15) is 15.8 Å². The second-order valence-electron chi connectivity index (χ2n) is 12.3. The van der Waals surface area contributed by atoms with Gasteiger partial charge in [-0.1, -0.05) is 78.9 Å². The molecule has 0 aliphatic carbocycles. The third-order valence-corrected chi connectivity index (χ3v) is 9.59. The van der Waals surface area contributed by atoms with E-state index in [1.807, 2.05) is 78.9 Å². The summed E-state index contributed by atoms with van der Waals surface area (Å²) in [4.78, 5) is 0. The SMILES string of the molecule is N#Cc1cc(-c2ccc(-n3c4ccccc4c4cccc(C#N)c43)cc2)cc(-c2ccccc2-n2c3ccccc3c3cc(C#N)ccc32)c1. The number of aromatic nitrogens is 2. The summed E-state index contributed by atoms with van der Waals surface area (Å²) in [6.07, 6.45) is 0. The number of hydrogen-bond acceptors (Lipinski definition) is 3. The molecule has 0 spiro atoms. The van der Waals surface area contributed by atoms with Gasteiger partial charge in [-0.15, -0.1) is 0 Å². The van der Waals surface area contributed by atoms with Crippen LogP contribution in [0.3, 0.4) is 0 Å². The lowest BCUT2D eigenvalue weighted by Crippen LogP contribution is -1.98. The first-order chi connectivity index (χ1) is 24.7. The number of para-hydroxylation sites is 4. The Hall–Kier alpha value is -7.39. The Bertz CT molecular complexity index is 2960. The van der Waals surface area contributed by atoms with Gasteiger partial charge in [-0.05, 0) is 89.5 Å². The molecule has 5 heteroatoms. The van der Waals surface area contributed by atoms with Crippen molar-refractivity contribution in [1.29, 1.82) is 15.8 Å². The van der Waals surface area contributed by atoms with Crippen molar-refractivity contribution in [3.05, 3.63) is 168 Å². The number of fused-ring (bicyclic) bond motifs is 6. The van der Waals surface area contributed by atoms with Crippen LogP contribution in [0.2, 0.25) is 0 Å². The summed E-state index contributed by atoms with van der Waals surface area (Å²) in [6, 6.07) is 57.8. The van der Waals surface area contributed by atoms with Gasteiger partial charge in [0.15, 0.2) is 0 Å². The van der Waals surface area contributed by atoms with E-state index < -0.39 is 0 Å². The van der Waals surface area contributed by atoms with E-state index in [0.29, 0.717) is 16.7 Å². The molecule has 2 aromatic heterocycles. The van der Waals surface area contributed by atoms with E-state index in [2.05, 4.69) is 100 Å². The number of nitrogens with zero attached hydrogens (tertiary/aromatic N) is 5. The van der Waals surface area contributed by atoms with Crippen molar-refractivity contribution < 1.29 is 0 Å². The molecule has 0 saturated carbocycles. The van der Waals surface area contributed by atoms with E-state index in [4.69, 9.17) is 0 Å². The standard InChI is InChI=1S/C45H25N5/c46-26-29-16-21-44-40(24-29)38-11-3-6-15-43(38)50(44)41-13-4-1-9-36(41)34-23-30(27-47)22-33(25-34)31-17-19-35(20-18-31)49-42-14-5-2-10-37(42)39-12-7-8-32(28-48)45(39)49/h1-25H. The molecule has 0 aliphatic rings. The minimum Gasteiger partial charge on any atom is -0.309 e. The average Bonchev–Trinajstić information content (AvgIpc) is 3.70. The summed E-state index contributed by atoms with van der Waals surface area (Å²) in [5.41, 5.74) is 11.6. The lowest BCUT2D eigenvalue weighted by molar-refractivity contribution is 1.18. The molecule has 0 aliphatic heterocycles. The highest BCUT2D eigenvalue weighted by atomic mass is 15.0. The molecule has 9 aromatic rings. The Kier molecular flexibility index (Phi) is 6.56. The molecule has 0 bridgehead atoms. The van der Waals surface area contributed by atoms with E-state index >= 15 is 0 Å². The number of hydrogen-bond donors (Lipinski definition) is 0. The second kappa shape index (κ2) is 11.4. The molecule has 230 valence electrons. The fourth-order valence-corrected chi connectivity index (χ4v) is 7.41. The highest BCUT2D eigenvalue weighted by molar-refractivity contribution is 6.11. The van der Waals surface area contributed by atoms with Crippen LogP contribution in [0, 0.1) is 34.0 Å². The van der Waals surface area contributed by atoms with E-state index in [1.54, 1.807) is 0 Å². The fraction of sp³-hybridized carbons (Fsp3) is 0. The summed E-state index contributed by atoms with van der Waals surface area (Å²) in [5, 5.41) is 34.0. The lowest BCUT2D eigenvalue weighted by Gasteiger charge is -2.15. The topological polar surface area (TPSA) is 81.2 Å². The van der Waals surface area contributed by atoms with Gasteiger partial charge in [-0.2, -0.15) is 15.8 Å². The summed E-state index contributed by atoms with van der Waals surface area (Å²) in [7, 11) is 0. The molecule has 5 nitrogen and oxygen atoms in total. The van der Waals surface area contributed by atoms with Crippen LogP contribution < -0.4 is 0 Å². The summed E-state index contributed by atoms with van der Waals surface area (Å²) in [6.45, 7) is 0. The van der Waals surface area contributed by atoms with Gasteiger partial charge in [0.25, 0.3) is 0 Å². The molecule has 2 heterocycles. The Morgan fingerprint density at radius 1 is 0.400 bits per heavy atom. The zero-order valence-electron chi connectivity index (χ0n) is 26.7. The molecule has 50 heavy (non-hydrogen) atoms. The van der Waals surface area contributed by atoms with Crippen molar-refractivity contribution in [2.24, 2.45) is 0 Å². The maximum absolute atomic E-state index is 10.2. The van der Waals surface area contributed by atoms with Gasteiger partial charge < -0.3 is 9.13 Å². The van der Waals surface area contributed by atoms with Crippen molar-refractivity contribution in [2.75, 3.05) is 0 Å². The van der Waals surface area contributed by atoms with Crippen molar-refractivity contribution in [3.8, 4) is 51.8 Å². The Morgan fingerprint density at radius 3 is 1.80 bits per heavy atom. The molecule has 0 unspecified atom stereocenters. The van der Waals surface area contributed by atoms with Gasteiger partial charge in [0, 0.05) is 32.8 Å². The molecule has 0 N–H and O–H groups in total. The largest absolute Gasteiger partial charge is 0.309 e. The average molecular weight is 636 g/mol. The minimum absolute atomic E-state index is 0.568. The fourth-order valence-electron chi connectivity index (χ4n) is 7.41. The zero-order valence-corrected chi connectivity index (χ0v) is 26.7. The van der Waals surface area contributed by atoms with E-state index in [1.165, 1.54) is 0 Å². The lowest BCUT2D eigenvalue weighted by atomic mass is 9.95. The number of nitriles is 3. The first-order valence-electron chi connectivity index (χ1n) is 16.3. The molecule has 7 aromatic carbocycles. The maximum Gasteiger partial charge on any atom is 0.101 e. The van der Waals surface area contributed by atoms with Gasteiger partial charge in [0.05, 0.1) is 56.6 Å². The van der Waals surface area contributed by atoms with Crippen molar-refractivity contribution in [3.63, 3.8) is 0 Å². The van der Waals surface area contributed by atoms with Gasteiger partial charge in [0.1, 0.15) is 6.07 Å². The van der Waals surface area contributed by atoms with Crippen LogP contribution in [-0.4, -0.2) is 9.13 Å². The van der Waals surface area contributed by atoms with Crippen LogP contribution in [0.1, 0.15) is 16.7 Å². The quantitative estimate of drug-likeness (QED) is 0.193. The normalized spacial score (nSPS) is 11.1. The minimum atomic E-state index is 0.568. The molecular formula is C45H25N5. The molecule has 0 radical (unpaired) electrons. The third-order valence-electron chi connectivity index (χ3n) is 9.59.